The Hall–Kier alpha value is -0.640. The molecule has 1 aromatic rings. The Bertz CT molecular complexity index is 560. The van der Waals surface area contributed by atoms with E-state index in [2.05, 4.69) is 62.1 Å². The van der Waals surface area contributed by atoms with Gasteiger partial charge in [-0.2, -0.15) is 0 Å². The highest BCUT2D eigenvalue weighted by molar-refractivity contribution is 7.11. The number of allylic oxidation sites excluding steroid dienone is 2. The van der Waals surface area contributed by atoms with Gasteiger partial charge in [-0.25, -0.2) is 0 Å². The summed E-state index contributed by atoms with van der Waals surface area (Å²) in [6.45, 7) is 13.0. The molecule has 3 heteroatoms. The van der Waals surface area contributed by atoms with Crippen molar-refractivity contribution in [1.29, 1.82) is 0 Å². The molecular weight excluding hydrogens is 300 g/mol. The number of likely N-dealkylation sites (N-methyl/N-ethyl adjacent to an activating group) is 1. The summed E-state index contributed by atoms with van der Waals surface area (Å²) in [6.07, 6.45) is 6.27. The number of hydrogen-bond acceptors (Lipinski definition) is 3. The molecule has 2 heterocycles. The molecule has 2 aliphatic rings. The Morgan fingerprint density at radius 2 is 1.91 bits per heavy atom. The summed E-state index contributed by atoms with van der Waals surface area (Å²) in [5, 5.41) is 2.38. The molecule has 0 radical (unpaired) electrons. The molecule has 1 aliphatic heterocycles. The third-order valence-electron chi connectivity index (χ3n) is 5.69. The van der Waals surface area contributed by atoms with E-state index in [9.17, 15) is 0 Å². The van der Waals surface area contributed by atoms with E-state index in [1.165, 1.54) is 42.8 Å². The number of hydrogen-bond donors (Lipinski definition) is 0. The number of nitrogens with zero attached hydrogens (tertiary/aromatic N) is 2. The Kier molecular flexibility index (Phi) is 5.01. The molecule has 128 valence electrons. The SMILES string of the molecule is C[C@@H]1CN(Cc2csc(C3=CCCC(C)(C)C3)c2)C[C@H](C)N1C. The zero-order valence-electron chi connectivity index (χ0n) is 15.4. The summed E-state index contributed by atoms with van der Waals surface area (Å²) in [5.74, 6) is 0. The van der Waals surface area contributed by atoms with Crippen LogP contribution < -0.4 is 0 Å². The molecule has 0 saturated carbocycles. The summed E-state index contributed by atoms with van der Waals surface area (Å²) < 4.78 is 0. The molecule has 1 fully saturated rings. The first-order chi connectivity index (χ1) is 10.8. The maximum Gasteiger partial charge on any atom is 0.0302 e. The van der Waals surface area contributed by atoms with E-state index < -0.39 is 0 Å². The summed E-state index contributed by atoms with van der Waals surface area (Å²) in [4.78, 5) is 6.63. The van der Waals surface area contributed by atoms with E-state index in [0.29, 0.717) is 17.5 Å². The van der Waals surface area contributed by atoms with Crippen molar-refractivity contribution in [3.05, 3.63) is 28.0 Å². The standard InChI is InChI=1S/C20H32N2S/c1-15-11-22(12-16(2)21(15)5)13-17-9-19(23-14-17)18-7-6-8-20(3,4)10-18/h7,9,14-16H,6,8,10-13H2,1-5H3/t15-,16+. The molecule has 0 bridgehead atoms. The Balaban J connectivity index is 1.65. The normalized spacial score (nSPS) is 29.5. The fourth-order valence-electron chi connectivity index (χ4n) is 4.03. The Labute approximate surface area is 146 Å². The van der Waals surface area contributed by atoms with Crippen LogP contribution in [0.3, 0.4) is 0 Å². The van der Waals surface area contributed by atoms with Crippen LogP contribution in [0, 0.1) is 5.41 Å². The van der Waals surface area contributed by atoms with Gasteiger partial charge in [0.05, 0.1) is 0 Å². The second kappa shape index (κ2) is 6.70. The van der Waals surface area contributed by atoms with Crippen LogP contribution in [-0.2, 0) is 6.54 Å². The topological polar surface area (TPSA) is 6.48 Å². The second-order valence-corrected chi connectivity index (χ2v) is 9.40. The quantitative estimate of drug-likeness (QED) is 0.779. The first-order valence-electron chi connectivity index (χ1n) is 9.05. The molecule has 23 heavy (non-hydrogen) atoms. The van der Waals surface area contributed by atoms with Gasteiger partial charge in [-0.1, -0.05) is 19.9 Å². The van der Waals surface area contributed by atoms with Gasteiger partial charge in [0.15, 0.2) is 0 Å². The van der Waals surface area contributed by atoms with Crippen molar-refractivity contribution < 1.29 is 0 Å². The van der Waals surface area contributed by atoms with Gasteiger partial charge in [-0.3, -0.25) is 9.80 Å². The average molecular weight is 333 g/mol. The Morgan fingerprint density at radius 1 is 1.22 bits per heavy atom. The maximum atomic E-state index is 2.63. The van der Waals surface area contributed by atoms with Crippen molar-refractivity contribution in [2.75, 3.05) is 20.1 Å². The number of piperazine rings is 1. The molecule has 0 spiro atoms. The van der Waals surface area contributed by atoms with Gasteiger partial charge in [0.25, 0.3) is 0 Å². The molecule has 0 aromatic carbocycles. The first-order valence-corrected chi connectivity index (χ1v) is 9.93. The third kappa shape index (κ3) is 4.07. The van der Waals surface area contributed by atoms with Gasteiger partial charge >= 0.3 is 0 Å². The summed E-state index contributed by atoms with van der Waals surface area (Å²) in [5.41, 5.74) is 3.55. The van der Waals surface area contributed by atoms with Crippen LogP contribution >= 0.6 is 11.3 Å². The molecule has 1 aromatic heterocycles. The van der Waals surface area contributed by atoms with Crippen LogP contribution in [0.2, 0.25) is 0 Å². The lowest BCUT2D eigenvalue weighted by atomic mass is 9.77. The van der Waals surface area contributed by atoms with Crippen molar-refractivity contribution >= 4 is 16.9 Å². The minimum Gasteiger partial charge on any atom is -0.298 e. The number of rotatable bonds is 3. The molecule has 1 saturated heterocycles. The molecule has 2 atom stereocenters. The fourth-order valence-corrected chi connectivity index (χ4v) is 4.98. The van der Waals surface area contributed by atoms with Crippen LogP contribution in [0.15, 0.2) is 17.5 Å². The lowest BCUT2D eigenvalue weighted by Crippen LogP contribution is -2.54. The van der Waals surface area contributed by atoms with Crippen molar-refractivity contribution in [1.82, 2.24) is 9.80 Å². The zero-order chi connectivity index (χ0) is 16.6. The van der Waals surface area contributed by atoms with Gasteiger partial charge in [0, 0.05) is 36.6 Å². The molecule has 0 N–H and O–H groups in total. The Morgan fingerprint density at radius 3 is 2.57 bits per heavy atom. The van der Waals surface area contributed by atoms with Gasteiger partial charge in [-0.15, -0.1) is 11.3 Å². The highest BCUT2D eigenvalue weighted by Gasteiger charge is 2.27. The summed E-state index contributed by atoms with van der Waals surface area (Å²) >= 11 is 1.94. The van der Waals surface area contributed by atoms with Crippen LogP contribution in [0.4, 0.5) is 0 Å². The summed E-state index contributed by atoms with van der Waals surface area (Å²) in [7, 11) is 2.26. The highest BCUT2D eigenvalue weighted by Crippen LogP contribution is 2.41. The molecule has 1 aliphatic carbocycles. The van der Waals surface area contributed by atoms with Crippen molar-refractivity contribution in [2.45, 2.75) is 65.6 Å². The molecular formula is C20H32N2S. The van der Waals surface area contributed by atoms with E-state index >= 15 is 0 Å². The van der Waals surface area contributed by atoms with E-state index in [4.69, 9.17) is 0 Å². The predicted octanol–water partition coefficient (Wildman–Crippen LogP) is 4.87. The van der Waals surface area contributed by atoms with Crippen LogP contribution in [0.25, 0.3) is 5.57 Å². The lowest BCUT2D eigenvalue weighted by Gasteiger charge is -2.42. The average Bonchev–Trinajstić information content (AvgIpc) is 2.92. The lowest BCUT2D eigenvalue weighted by molar-refractivity contribution is 0.0557. The monoisotopic (exact) mass is 332 g/mol. The van der Waals surface area contributed by atoms with E-state index in [0.717, 1.165) is 6.54 Å². The van der Waals surface area contributed by atoms with E-state index in [1.807, 2.05) is 11.3 Å². The van der Waals surface area contributed by atoms with Gasteiger partial charge in [0.2, 0.25) is 0 Å². The van der Waals surface area contributed by atoms with Crippen LogP contribution in [0.1, 0.15) is 57.4 Å². The number of thiophene rings is 1. The predicted molar refractivity (Wildman–Crippen MR) is 102 cm³/mol. The van der Waals surface area contributed by atoms with Crippen LogP contribution in [0.5, 0.6) is 0 Å². The molecule has 3 rings (SSSR count). The largest absolute Gasteiger partial charge is 0.298 e. The van der Waals surface area contributed by atoms with E-state index in [-0.39, 0.29) is 0 Å². The second-order valence-electron chi connectivity index (χ2n) is 8.49. The highest BCUT2D eigenvalue weighted by atomic mass is 32.1. The third-order valence-corrected chi connectivity index (χ3v) is 6.75. The van der Waals surface area contributed by atoms with Crippen LogP contribution in [-0.4, -0.2) is 42.0 Å². The molecule has 0 unspecified atom stereocenters. The van der Waals surface area contributed by atoms with Gasteiger partial charge < -0.3 is 0 Å². The fraction of sp³-hybridized carbons (Fsp3) is 0.700. The maximum absolute atomic E-state index is 2.63. The summed E-state index contributed by atoms with van der Waals surface area (Å²) in [6, 6.07) is 3.75. The van der Waals surface area contributed by atoms with Crippen molar-refractivity contribution in [3.8, 4) is 0 Å². The van der Waals surface area contributed by atoms with E-state index in [1.54, 1.807) is 5.57 Å². The molecule has 0 amide bonds. The minimum atomic E-state index is 0.469. The molecule has 2 nitrogen and oxygen atoms in total. The smallest absolute Gasteiger partial charge is 0.0302 e. The minimum absolute atomic E-state index is 0.469. The van der Waals surface area contributed by atoms with Gasteiger partial charge in [-0.05, 0) is 68.2 Å². The first kappa shape index (κ1) is 17.2. The van der Waals surface area contributed by atoms with Crippen molar-refractivity contribution in [2.24, 2.45) is 5.41 Å². The zero-order valence-corrected chi connectivity index (χ0v) is 16.2. The van der Waals surface area contributed by atoms with Crippen molar-refractivity contribution in [3.63, 3.8) is 0 Å². The van der Waals surface area contributed by atoms with Gasteiger partial charge in [0.1, 0.15) is 0 Å².